The predicted octanol–water partition coefficient (Wildman–Crippen LogP) is 6.96. The summed E-state index contributed by atoms with van der Waals surface area (Å²) >= 11 is 0. The molecule has 108 valence electrons. The number of rotatable bonds is 4. The normalized spacial score (nSPS) is 10.9. The highest BCUT2D eigenvalue weighted by atomic mass is 14.1. The van der Waals surface area contributed by atoms with Crippen molar-refractivity contribution in [2.45, 2.75) is 89.5 Å². The van der Waals surface area contributed by atoms with Crippen LogP contribution >= 0.6 is 0 Å². The molecule has 0 heterocycles. The Balaban J connectivity index is -0.0000000281. The van der Waals surface area contributed by atoms with Crippen molar-refractivity contribution in [1.82, 2.24) is 6.15 Å². The van der Waals surface area contributed by atoms with Gasteiger partial charge in [0, 0.05) is 0 Å². The van der Waals surface area contributed by atoms with E-state index in [4.69, 9.17) is 0 Å². The molecule has 0 saturated heterocycles. The molecule has 0 aliphatic rings. The molecule has 2 atom stereocenters. The van der Waals surface area contributed by atoms with Gasteiger partial charge in [-0.25, -0.2) is 0 Å². The van der Waals surface area contributed by atoms with Gasteiger partial charge < -0.3 is 6.15 Å². The molecule has 1 heteroatoms. The van der Waals surface area contributed by atoms with Gasteiger partial charge in [0.25, 0.3) is 0 Å². The van der Waals surface area contributed by atoms with Gasteiger partial charge in [-0.3, -0.25) is 0 Å². The van der Waals surface area contributed by atoms with E-state index in [1.807, 2.05) is 0 Å². The third-order valence-corrected chi connectivity index (χ3v) is 2.76. The van der Waals surface area contributed by atoms with Gasteiger partial charge in [-0.05, 0) is 11.8 Å². The summed E-state index contributed by atoms with van der Waals surface area (Å²) in [6, 6.07) is 0. The second kappa shape index (κ2) is 29.4. The van der Waals surface area contributed by atoms with E-state index < -0.39 is 0 Å². The molecule has 0 aliphatic carbocycles. The van der Waals surface area contributed by atoms with Crippen molar-refractivity contribution in [3.63, 3.8) is 0 Å². The molecule has 1 nitrogen and oxygen atoms in total. The SMILES string of the molecule is C.C.C.CCC(C)C(C)CC.CCCC.N. The fourth-order valence-corrected chi connectivity index (χ4v) is 0.805. The summed E-state index contributed by atoms with van der Waals surface area (Å²) in [4.78, 5) is 0. The van der Waals surface area contributed by atoms with Crippen LogP contribution in [0.1, 0.15) is 89.5 Å². The molecule has 3 N–H and O–H groups in total. The third kappa shape index (κ3) is 29.2. The average Bonchev–Trinajstić information content (AvgIpc) is 2.15. The zero-order valence-electron chi connectivity index (χ0n) is 10.7. The molecule has 0 spiro atoms. The van der Waals surface area contributed by atoms with E-state index in [2.05, 4.69) is 41.5 Å². The number of unbranched alkanes of at least 4 members (excludes halogenated alkanes) is 1. The van der Waals surface area contributed by atoms with Gasteiger partial charge in [0.1, 0.15) is 0 Å². The Labute approximate surface area is 108 Å². The Hall–Kier alpha value is -0.0400. The van der Waals surface area contributed by atoms with Crippen LogP contribution in [0.2, 0.25) is 0 Å². The van der Waals surface area contributed by atoms with Crippen molar-refractivity contribution in [3.8, 4) is 0 Å². The fraction of sp³-hybridized carbons (Fsp3) is 1.00. The molecule has 0 amide bonds. The minimum absolute atomic E-state index is 0. The Bertz CT molecular complexity index is 61.8. The largest absolute Gasteiger partial charge is 0.344 e. The zero-order chi connectivity index (χ0) is 9.98. The van der Waals surface area contributed by atoms with Crippen LogP contribution in [0.3, 0.4) is 0 Å². The topological polar surface area (TPSA) is 35.0 Å². The summed E-state index contributed by atoms with van der Waals surface area (Å²) in [7, 11) is 0. The van der Waals surface area contributed by atoms with Crippen LogP contribution in [0.25, 0.3) is 0 Å². The maximum absolute atomic E-state index is 2.33. The molecular weight excluding hydrogens is 194 g/mol. The average molecular weight is 238 g/mol. The summed E-state index contributed by atoms with van der Waals surface area (Å²) in [6.45, 7) is 13.5. The number of hydrogen-bond donors (Lipinski definition) is 1. The first-order chi connectivity index (χ1) is 5.63. The first-order valence-corrected chi connectivity index (χ1v) is 5.63. The van der Waals surface area contributed by atoms with Gasteiger partial charge in [0.2, 0.25) is 0 Å². The van der Waals surface area contributed by atoms with Gasteiger partial charge in [0.05, 0.1) is 0 Å². The lowest BCUT2D eigenvalue weighted by atomic mass is 9.92. The standard InChI is InChI=1S/C8H18.C4H10.3CH4.H3N/c1-5-7(3)8(4)6-2;1-3-4-2;;;;/h7-8H,5-6H2,1-4H3;3-4H2,1-2H3;3*1H4;1H3. The highest BCUT2D eigenvalue weighted by molar-refractivity contribution is 4.56. The van der Waals surface area contributed by atoms with Gasteiger partial charge in [0.15, 0.2) is 0 Å². The van der Waals surface area contributed by atoms with E-state index in [0.717, 1.165) is 11.8 Å². The van der Waals surface area contributed by atoms with Crippen molar-refractivity contribution in [3.05, 3.63) is 0 Å². The van der Waals surface area contributed by atoms with Gasteiger partial charge in [-0.2, -0.15) is 0 Å². The molecule has 0 aromatic rings. The number of hydrogen-bond acceptors (Lipinski definition) is 1. The molecule has 16 heavy (non-hydrogen) atoms. The Kier molecular flexibility index (Phi) is 66.1. The monoisotopic (exact) mass is 237 g/mol. The summed E-state index contributed by atoms with van der Waals surface area (Å²) in [5.74, 6) is 1.83. The third-order valence-electron chi connectivity index (χ3n) is 2.76. The van der Waals surface area contributed by atoms with E-state index in [0.29, 0.717) is 0 Å². The highest BCUT2D eigenvalue weighted by Gasteiger charge is 2.05. The zero-order valence-corrected chi connectivity index (χ0v) is 10.7. The first kappa shape index (κ1) is 36.0. The molecule has 0 radical (unpaired) electrons. The van der Waals surface area contributed by atoms with Crippen LogP contribution in [0.5, 0.6) is 0 Å². The minimum Gasteiger partial charge on any atom is -0.344 e. The minimum atomic E-state index is 0. The lowest BCUT2D eigenvalue weighted by Crippen LogP contribution is -2.04. The van der Waals surface area contributed by atoms with Crippen molar-refractivity contribution in [1.29, 1.82) is 0 Å². The maximum Gasteiger partial charge on any atom is -0.0420 e. The van der Waals surface area contributed by atoms with E-state index in [-0.39, 0.29) is 28.4 Å². The Morgan fingerprint density at radius 2 is 0.812 bits per heavy atom. The van der Waals surface area contributed by atoms with Crippen molar-refractivity contribution in [2.75, 3.05) is 0 Å². The van der Waals surface area contributed by atoms with E-state index in [1.54, 1.807) is 0 Å². The summed E-state index contributed by atoms with van der Waals surface area (Å²) < 4.78 is 0. The Morgan fingerprint density at radius 3 is 0.875 bits per heavy atom. The molecule has 2 unspecified atom stereocenters. The van der Waals surface area contributed by atoms with Gasteiger partial charge in [-0.15, -0.1) is 0 Å². The lowest BCUT2D eigenvalue weighted by molar-refractivity contribution is 0.367. The smallest absolute Gasteiger partial charge is 0.0420 e. The molecule has 0 rings (SSSR count). The summed E-state index contributed by atoms with van der Waals surface area (Å²) in [6.07, 6.45) is 5.30. The van der Waals surface area contributed by atoms with Gasteiger partial charge >= 0.3 is 0 Å². The van der Waals surface area contributed by atoms with Crippen LogP contribution < -0.4 is 6.15 Å². The van der Waals surface area contributed by atoms with Gasteiger partial charge in [-0.1, -0.05) is 89.5 Å². The molecule has 0 aliphatic heterocycles. The van der Waals surface area contributed by atoms with E-state index in [1.165, 1.54) is 25.7 Å². The lowest BCUT2D eigenvalue weighted by Gasteiger charge is -2.14. The summed E-state index contributed by atoms with van der Waals surface area (Å²) in [5, 5.41) is 0. The van der Waals surface area contributed by atoms with E-state index >= 15 is 0 Å². The molecule has 0 aromatic carbocycles. The quantitative estimate of drug-likeness (QED) is 0.563. The molecule has 0 aromatic heterocycles. The van der Waals surface area contributed by atoms with Crippen LogP contribution in [-0.4, -0.2) is 0 Å². The van der Waals surface area contributed by atoms with Crippen LogP contribution in [0, 0.1) is 11.8 Å². The molecular formula is C15H43N. The van der Waals surface area contributed by atoms with E-state index in [9.17, 15) is 0 Å². The second-order valence-electron chi connectivity index (χ2n) is 3.77. The van der Waals surface area contributed by atoms with Crippen molar-refractivity contribution >= 4 is 0 Å². The predicted molar refractivity (Wildman–Crippen MR) is 84.7 cm³/mol. The van der Waals surface area contributed by atoms with Crippen LogP contribution in [0.15, 0.2) is 0 Å². The molecule has 0 saturated carbocycles. The van der Waals surface area contributed by atoms with Crippen LogP contribution in [0.4, 0.5) is 0 Å². The Morgan fingerprint density at radius 1 is 0.625 bits per heavy atom. The first-order valence-electron chi connectivity index (χ1n) is 5.63. The highest BCUT2D eigenvalue weighted by Crippen LogP contribution is 2.16. The molecule has 0 bridgehead atoms. The fourth-order valence-electron chi connectivity index (χ4n) is 0.805. The molecule has 0 fully saturated rings. The summed E-state index contributed by atoms with van der Waals surface area (Å²) in [5.41, 5.74) is 0. The van der Waals surface area contributed by atoms with Crippen molar-refractivity contribution in [2.24, 2.45) is 11.8 Å². The second-order valence-corrected chi connectivity index (χ2v) is 3.77. The maximum atomic E-state index is 2.33. The van der Waals surface area contributed by atoms with Crippen LogP contribution in [-0.2, 0) is 0 Å². The van der Waals surface area contributed by atoms with Crippen molar-refractivity contribution < 1.29 is 0 Å².